The van der Waals surface area contributed by atoms with Crippen LogP contribution in [-0.4, -0.2) is 34.2 Å². The van der Waals surface area contributed by atoms with Crippen LogP contribution in [0, 0.1) is 20.8 Å². The lowest BCUT2D eigenvalue weighted by molar-refractivity contribution is -0.123. The number of rotatable bonds is 7. The number of nitrogens with zero attached hydrogens (tertiary/aromatic N) is 3. The second kappa shape index (κ2) is 8.44. The van der Waals surface area contributed by atoms with E-state index in [0.29, 0.717) is 30.4 Å². The minimum atomic E-state index is -0.195. The number of ether oxygens (including phenoxy) is 1. The maximum Gasteiger partial charge on any atom is 0.257 e. The summed E-state index contributed by atoms with van der Waals surface area (Å²) in [6.07, 6.45) is 2.11. The van der Waals surface area contributed by atoms with Crippen molar-refractivity contribution in [1.82, 2.24) is 20.4 Å². The smallest absolute Gasteiger partial charge is 0.257 e. The molecule has 1 amide bonds. The summed E-state index contributed by atoms with van der Waals surface area (Å²) in [6, 6.07) is 9.52. The van der Waals surface area contributed by atoms with E-state index in [-0.39, 0.29) is 12.5 Å². The van der Waals surface area contributed by atoms with Crippen molar-refractivity contribution in [2.75, 3.05) is 13.2 Å². The fourth-order valence-corrected chi connectivity index (χ4v) is 2.60. The quantitative estimate of drug-likeness (QED) is 0.691. The Kier molecular flexibility index (Phi) is 5.80. The molecule has 0 atom stereocenters. The van der Waals surface area contributed by atoms with Crippen molar-refractivity contribution in [3.8, 4) is 17.3 Å². The monoisotopic (exact) mass is 366 g/mol. The van der Waals surface area contributed by atoms with Crippen LogP contribution in [0.15, 0.2) is 41.1 Å². The Balaban J connectivity index is 1.47. The average Bonchev–Trinajstić information content (AvgIpc) is 3.14. The van der Waals surface area contributed by atoms with Crippen LogP contribution in [0.4, 0.5) is 0 Å². The van der Waals surface area contributed by atoms with E-state index in [1.165, 1.54) is 0 Å². The van der Waals surface area contributed by atoms with Crippen LogP contribution < -0.4 is 10.1 Å². The lowest BCUT2D eigenvalue weighted by Crippen LogP contribution is -2.30. The molecule has 2 heterocycles. The number of amides is 1. The molecule has 0 aliphatic rings. The minimum Gasteiger partial charge on any atom is -0.483 e. The molecule has 27 heavy (non-hydrogen) atoms. The number of hydrogen-bond donors (Lipinski definition) is 1. The highest BCUT2D eigenvalue weighted by Crippen LogP contribution is 2.25. The van der Waals surface area contributed by atoms with E-state index in [0.717, 1.165) is 22.4 Å². The summed E-state index contributed by atoms with van der Waals surface area (Å²) in [5, 5.41) is 6.70. The lowest BCUT2D eigenvalue weighted by atomic mass is 10.1. The van der Waals surface area contributed by atoms with Gasteiger partial charge in [-0.25, -0.2) is 0 Å². The Labute approximate surface area is 157 Å². The van der Waals surface area contributed by atoms with Crippen molar-refractivity contribution in [2.45, 2.75) is 27.2 Å². The molecule has 1 N–H and O–H groups in total. The van der Waals surface area contributed by atoms with Gasteiger partial charge in [-0.1, -0.05) is 23.4 Å². The van der Waals surface area contributed by atoms with Gasteiger partial charge in [0.05, 0.1) is 0 Å². The number of hydrogen-bond acceptors (Lipinski definition) is 6. The first-order valence-electron chi connectivity index (χ1n) is 8.75. The summed E-state index contributed by atoms with van der Waals surface area (Å²) in [5.41, 5.74) is 3.85. The highest BCUT2D eigenvalue weighted by Gasteiger charge is 2.11. The summed E-state index contributed by atoms with van der Waals surface area (Å²) >= 11 is 0. The molecule has 0 spiro atoms. The van der Waals surface area contributed by atoms with Crippen LogP contribution in [0.5, 0.6) is 5.75 Å². The molecule has 0 aliphatic carbocycles. The van der Waals surface area contributed by atoms with Crippen molar-refractivity contribution in [3.63, 3.8) is 0 Å². The van der Waals surface area contributed by atoms with Crippen molar-refractivity contribution >= 4 is 5.91 Å². The number of aryl methyl sites for hydroxylation is 2. The molecule has 2 aromatic heterocycles. The van der Waals surface area contributed by atoms with Gasteiger partial charge >= 0.3 is 0 Å². The summed E-state index contributed by atoms with van der Waals surface area (Å²) in [4.78, 5) is 20.5. The van der Waals surface area contributed by atoms with E-state index in [1.807, 2.05) is 51.1 Å². The SMILES string of the molecule is Cc1ccc(C)c(OCC(=O)NCCc2nc(-c3ccccn3)no2)c1C. The van der Waals surface area contributed by atoms with Crippen LogP contribution in [0.1, 0.15) is 22.6 Å². The van der Waals surface area contributed by atoms with E-state index < -0.39 is 0 Å². The zero-order valence-corrected chi connectivity index (χ0v) is 15.7. The normalized spacial score (nSPS) is 10.6. The van der Waals surface area contributed by atoms with E-state index in [1.54, 1.807) is 6.20 Å². The fourth-order valence-electron chi connectivity index (χ4n) is 2.60. The van der Waals surface area contributed by atoms with Gasteiger partial charge in [-0.15, -0.1) is 0 Å². The number of carbonyl (C=O) groups is 1. The Hall–Kier alpha value is -3.22. The predicted molar refractivity (Wildman–Crippen MR) is 100 cm³/mol. The molecule has 3 rings (SSSR count). The fraction of sp³-hybridized carbons (Fsp3) is 0.300. The second-order valence-corrected chi connectivity index (χ2v) is 6.27. The van der Waals surface area contributed by atoms with Gasteiger partial charge < -0.3 is 14.6 Å². The highest BCUT2D eigenvalue weighted by molar-refractivity contribution is 5.77. The predicted octanol–water partition coefficient (Wildman–Crippen LogP) is 2.79. The summed E-state index contributed by atoms with van der Waals surface area (Å²) in [5.74, 6) is 1.45. The maximum absolute atomic E-state index is 12.0. The largest absolute Gasteiger partial charge is 0.483 e. The first kappa shape index (κ1) is 18.6. The van der Waals surface area contributed by atoms with Crippen LogP contribution >= 0.6 is 0 Å². The topological polar surface area (TPSA) is 90.1 Å². The van der Waals surface area contributed by atoms with Gasteiger partial charge in [0.15, 0.2) is 6.61 Å². The van der Waals surface area contributed by atoms with E-state index in [9.17, 15) is 4.79 Å². The van der Waals surface area contributed by atoms with Crippen molar-refractivity contribution in [2.24, 2.45) is 0 Å². The van der Waals surface area contributed by atoms with Crippen LogP contribution in [0.25, 0.3) is 11.5 Å². The van der Waals surface area contributed by atoms with Gasteiger partial charge in [0, 0.05) is 19.2 Å². The van der Waals surface area contributed by atoms with Gasteiger partial charge in [0.2, 0.25) is 11.7 Å². The van der Waals surface area contributed by atoms with Gasteiger partial charge in [0.25, 0.3) is 5.91 Å². The Bertz CT molecular complexity index is 922. The number of pyridine rings is 1. The minimum absolute atomic E-state index is 0.0336. The van der Waals surface area contributed by atoms with E-state index >= 15 is 0 Å². The summed E-state index contributed by atoms with van der Waals surface area (Å²) < 4.78 is 10.9. The summed E-state index contributed by atoms with van der Waals surface area (Å²) in [7, 11) is 0. The molecule has 0 aliphatic heterocycles. The number of benzene rings is 1. The molecule has 0 radical (unpaired) electrons. The molecule has 140 valence electrons. The van der Waals surface area contributed by atoms with Crippen molar-refractivity contribution in [3.05, 3.63) is 59.1 Å². The van der Waals surface area contributed by atoms with E-state index in [4.69, 9.17) is 9.26 Å². The summed E-state index contributed by atoms with van der Waals surface area (Å²) in [6.45, 7) is 6.33. The molecule has 7 heteroatoms. The second-order valence-electron chi connectivity index (χ2n) is 6.27. The van der Waals surface area contributed by atoms with Gasteiger partial charge in [-0.2, -0.15) is 4.98 Å². The molecule has 1 aromatic carbocycles. The number of carbonyl (C=O) groups excluding carboxylic acids is 1. The van der Waals surface area contributed by atoms with Crippen molar-refractivity contribution in [1.29, 1.82) is 0 Å². The molecule has 0 unspecified atom stereocenters. The zero-order valence-electron chi connectivity index (χ0n) is 15.7. The first-order chi connectivity index (χ1) is 13.0. The maximum atomic E-state index is 12.0. The third-order valence-corrected chi connectivity index (χ3v) is 4.24. The van der Waals surface area contributed by atoms with Crippen LogP contribution in [-0.2, 0) is 11.2 Å². The van der Waals surface area contributed by atoms with Crippen molar-refractivity contribution < 1.29 is 14.1 Å². The van der Waals surface area contributed by atoms with Gasteiger partial charge in [-0.3, -0.25) is 9.78 Å². The Morgan fingerprint density at radius 1 is 1.15 bits per heavy atom. The average molecular weight is 366 g/mol. The third-order valence-electron chi connectivity index (χ3n) is 4.24. The Morgan fingerprint density at radius 2 is 1.96 bits per heavy atom. The molecule has 3 aromatic rings. The number of nitrogens with one attached hydrogen (secondary N) is 1. The molecular formula is C20H22N4O3. The molecule has 0 bridgehead atoms. The lowest BCUT2D eigenvalue weighted by Gasteiger charge is -2.13. The first-order valence-corrected chi connectivity index (χ1v) is 8.75. The van der Waals surface area contributed by atoms with Crippen LogP contribution in [0.2, 0.25) is 0 Å². The molecule has 0 saturated carbocycles. The van der Waals surface area contributed by atoms with E-state index in [2.05, 4.69) is 20.4 Å². The van der Waals surface area contributed by atoms with Crippen LogP contribution in [0.3, 0.4) is 0 Å². The van der Waals surface area contributed by atoms with Gasteiger partial charge in [0.1, 0.15) is 11.4 Å². The highest BCUT2D eigenvalue weighted by atomic mass is 16.5. The Morgan fingerprint density at radius 3 is 2.74 bits per heavy atom. The molecule has 7 nitrogen and oxygen atoms in total. The molecule has 0 fully saturated rings. The number of aromatic nitrogens is 3. The standard InChI is InChI=1S/C20H22N4O3/c1-13-7-8-14(2)19(15(13)3)26-12-17(25)22-11-9-18-23-20(24-27-18)16-6-4-5-10-21-16/h4-8,10H,9,11-12H2,1-3H3,(H,22,25). The molecule has 0 saturated heterocycles. The zero-order chi connectivity index (χ0) is 19.2. The van der Waals surface area contributed by atoms with Gasteiger partial charge in [-0.05, 0) is 49.6 Å². The third kappa shape index (κ3) is 4.69. The molecular weight excluding hydrogens is 344 g/mol.